The number of hydrogen-bond acceptors (Lipinski definition) is 6. The second-order valence-corrected chi connectivity index (χ2v) is 5.61. The van der Waals surface area contributed by atoms with Crippen molar-refractivity contribution in [2.75, 3.05) is 46.8 Å². The highest BCUT2D eigenvalue weighted by molar-refractivity contribution is 5.74. The van der Waals surface area contributed by atoms with Crippen molar-refractivity contribution in [1.82, 2.24) is 0 Å². The molecule has 0 aromatic rings. The molecule has 2 atom stereocenters. The van der Waals surface area contributed by atoms with Gasteiger partial charge in [-0.25, -0.2) is 4.79 Å². The summed E-state index contributed by atoms with van der Waals surface area (Å²) < 4.78 is 26.2. The Balaban J connectivity index is 3.51. The highest BCUT2D eigenvalue weighted by Crippen LogP contribution is 2.09. The standard InChI is InChI=1S/C16H32O6/c1-13(2)12-14(3)22-16(17)15(4)21-11-10-20-9-8-19-7-6-18-5/h13-15H,6-12H2,1-5H3. The predicted molar refractivity (Wildman–Crippen MR) is 83.9 cm³/mol. The molecule has 0 aliphatic carbocycles. The summed E-state index contributed by atoms with van der Waals surface area (Å²) in [6, 6.07) is 0. The van der Waals surface area contributed by atoms with Crippen LogP contribution in [0.2, 0.25) is 0 Å². The summed E-state index contributed by atoms with van der Waals surface area (Å²) in [4.78, 5) is 11.8. The Hall–Kier alpha value is -0.690. The van der Waals surface area contributed by atoms with Gasteiger partial charge in [-0.3, -0.25) is 0 Å². The Bertz CT molecular complexity index is 269. The minimum absolute atomic E-state index is 0.0842. The third kappa shape index (κ3) is 13.0. The van der Waals surface area contributed by atoms with Gasteiger partial charge in [0.15, 0.2) is 6.10 Å². The summed E-state index contributed by atoms with van der Waals surface area (Å²) in [6.07, 6.45) is 0.195. The molecule has 0 amide bonds. The van der Waals surface area contributed by atoms with Gasteiger partial charge in [-0.2, -0.15) is 0 Å². The van der Waals surface area contributed by atoms with Crippen LogP contribution in [-0.2, 0) is 28.5 Å². The molecule has 132 valence electrons. The predicted octanol–water partition coefficient (Wildman–Crippen LogP) is 2.05. The molecule has 0 fully saturated rings. The van der Waals surface area contributed by atoms with E-state index in [2.05, 4.69) is 13.8 Å². The van der Waals surface area contributed by atoms with Crippen LogP contribution in [-0.4, -0.2) is 64.9 Å². The van der Waals surface area contributed by atoms with E-state index >= 15 is 0 Å². The van der Waals surface area contributed by atoms with Crippen LogP contribution in [0.25, 0.3) is 0 Å². The summed E-state index contributed by atoms with van der Waals surface area (Å²) in [5.41, 5.74) is 0. The summed E-state index contributed by atoms with van der Waals surface area (Å²) in [5, 5.41) is 0. The van der Waals surface area contributed by atoms with Crippen molar-refractivity contribution >= 4 is 5.97 Å². The third-order valence-electron chi connectivity index (χ3n) is 2.85. The van der Waals surface area contributed by atoms with Crippen molar-refractivity contribution in [2.24, 2.45) is 5.92 Å². The third-order valence-corrected chi connectivity index (χ3v) is 2.85. The monoisotopic (exact) mass is 320 g/mol. The van der Waals surface area contributed by atoms with Crippen molar-refractivity contribution in [2.45, 2.75) is 46.3 Å². The number of esters is 1. The zero-order valence-corrected chi connectivity index (χ0v) is 14.6. The molecule has 0 N–H and O–H groups in total. The molecule has 0 aliphatic rings. The van der Waals surface area contributed by atoms with Crippen molar-refractivity contribution in [1.29, 1.82) is 0 Å². The van der Waals surface area contributed by atoms with Crippen LogP contribution in [0, 0.1) is 5.92 Å². The van der Waals surface area contributed by atoms with Gasteiger partial charge in [0.2, 0.25) is 0 Å². The van der Waals surface area contributed by atoms with E-state index in [9.17, 15) is 4.79 Å². The van der Waals surface area contributed by atoms with E-state index in [4.69, 9.17) is 23.7 Å². The molecule has 0 aliphatic heterocycles. The van der Waals surface area contributed by atoms with Crippen LogP contribution in [0.4, 0.5) is 0 Å². The first-order valence-electron chi connectivity index (χ1n) is 7.93. The highest BCUT2D eigenvalue weighted by Gasteiger charge is 2.18. The quantitative estimate of drug-likeness (QED) is 0.360. The average molecular weight is 320 g/mol. The maximum absolute atomic E-state index is 11.8. The molecule has 6 nitrogen and oxygen atoms in total. The van der Waals surface area contributed by atoms with Crippen LogP contribution in [0.3, 0.4) is 0 Å². The van der Waals surface area contributed by atoms with Crippen molar-refractivity contribution in [3.8, 4) is 0 Å². The van der Waals surface area contributed by atoms with Gasteiger partial charge in [0, 0.05) is 7.11 Å². The largest absolute Gasteiger partial charge is 0.461 e. The van der Waals surface area contributed by atoms with E-state index in [0.29, 0.717) is 45.6 Å². The lowest BCUT2D eigenvalue weighted by atomic mass is 10.1. The van der Waals surface area contributed by atoms with E-state index in [0.717, 1.165) is 6.42 Å². The number of methoxy groups -OCH3 is 1. The highest BCUT2D eigenvalue weighted by atomic mass is 16.6. The number of carbonyl (C=O) groups excluding carboxylic acids is 1. The topological polar surface area (TPSA) is 63.2 Å². The molecule has 2 unspecified atom stereocenters. The fraction of sp³-hybridized carbons (Fsp3) is 0.938. The molecule has 0 aromatic carbocycles. The van der Waals surface area contributed by atoms with E-state index in [1.165, 1.54) is 0 Å². The van der Waals surface area contributed by atoms with Gasteiger partial charge in [-0.15, -0.1) is 0 Å². The lowest BCUT2D eigenvalue weighted by Crippen LogP contribution is -2.28. The van der Waals surface area contributed by atoms with Gasteiger partial charge in [0.05, 0.1) is 45.7 Å². The summed E-state index contributed by atoms with van der Waals surface area (Å²) in [6.45, 7) is 10.7. The lowest BCUT2D eigenvalue weighted by molar-refractivity contribution is -0.162. The van der Waals surface area contributed by atoms with Crippen LogP contribution < -0.4 is 0 Å². The smallest absolute Gasteiger partial charge is 0.335 e. The summed E-state index contributed by atoms with van der Waals surface area (Å²) in [5.74, 6) is 0.176. The minimum atomic E-state index is -0.573. The SMILES string of the molecule is COCCOCCOCCOC(C)C(=O)OC(C)CC(C)C. The zero-order valence-electron chi connectivity index (χ0n) is 14.6. The summed E-state index contributed by atoms with van der Waals surface area (Å²) in [7, 11) is 1.63. The van der Waals surface area contributed by atoms with Crippen molar-refractivity contribution in [3.63, 3.8) is 0 Å². The molecule has 0 rings (SSSR count). The molecular formula is C16H32O6. The maximum Gasteiger partial charge on any atom is 0.335 e. The Morgan fingerprint density at radius 1 is 0.864 bits per heavy atom. The molecule has 0 spiro atoms. The van der Waals surface area contributed by atoms with Gasteiger partial charge in [-0.1, -0.05) is 13.8 Å². The zero-order chi connectivity index (χ0) is 16.8. The molecule has 22 heavy (non-hydrogen) atoms. The van der Waals surface area contributed by atoms with Crippen LogP contribution >= 0.6 is 0 Å². The number of hydrogen-bond donors (Lipinski definition) is 0. The first-order chi connectivity index (χ1) is 10.5. The van der Waals surface area contributed by atoms with Crippen LogP contribution in [0.5, 0.6) is 0 Å². The molecular weight excluding hydrogens is 288 g/mol. The van der Waals surface area contributed by atoms with Gasteiger partial charge < -0.3 is 23.7 Å². The Morgan fingerprint density at radius 3 is 1.95 bits per heavy atom. The first-order valence-corrected chi connectivity index (χ1v) is 7.93. The van der Waals surface area contributed by atoms with Crippen LogP contribution in [0.15, 0.2) is 0 Å². The molecule has 6 heteroatoms. The number of rotatable bonds is 14. The Morgan fingerprint density at radius 2 is 1.41 bits per heavy atom. The van der Waals surface area contributed by atoms with E-state index in [1.807, 2.05) is 6.92 Å². The number of carbonyl (C=O) groups is 1. The lowest BCUT2D eigenvalue weighted by Gasteiger charge is -2.18. The van der Waals surface area contributed by atoms with Gasteiger partial charge in [0.1, 0.15) is 0 Å². The van der Waals surface area contributed by atoms with Crippen molar-refractivity contribution in [3.05, 3.63) is 0 Å². The second kappa shape index (κ2) is 13.9. The molecule has 0 bridgehead atoms. The average Bonchev–Trinajstić information content (AvgIpc) is 2.44. The fourth-order valence-corrected chi connectivity index (χ4v) is 1.82. The molecule has 0 saturated carbocycles. The first kappa shape index (κ1) is 21.3. The van der Waals surface area contributed by atoms with Gasteiger partial charge in [0.25, 0.3) is 0 Å². The van der Waals surface area contributed by atoms with E-state index in [1.54, 1.807) is 14.0 Å². The van der Waals surface area contributed by atoms with Gasteiger partial charge >= 0.3 is 5.97 Å². The Labute approximate surface area is 134 Å². The number of ether oxygens (including phenoxy) is 5. The molecule has 0 radical (unpaired) electrons. The van der Waals surface area contributed by atoms with E-state index < -0.39 is 6.10 Å². The Kier molecular flexibility index (Phi) is 13.5. The maximum atomic E-state index is 11.8. The minimum Gasteiger partial charge on any atom is -0.461 e. The molecule has 0 heterocycles. The summed E-state index contributed by atoms with van der Waals surface area (Å²) >= 11 is 0. The molecule has 0 aromatic heterocycles. The normalized spacial score (nSPS) is 14.1. The van der Waals surface area contributed by atoms with Crippen molar-refractivity contribution < 1.29 is 28.5 Å². The van der Waals surface area contributed by atoms with E-state index in [-0.39, 0.29) is 12.1 Å². The second-order valence-electron chi connectivity index (χ2n) is 5.61. The van der Waals surface area contributed by atoms with Gasteiger partial charge in [-0.05, 0) is 26.2 Å². The van der Waals surface area contributed by atoms with Crippen LogP contribution in [0.1, 0.15) is 34.1 Å². The fourth-order valence-electron chi connectivity index (χ4n) is 1.82. The molecule has 0 saturated heterocycles.